The molecule has 0 aliphatic rings. The first-order chi connectivity index (χ1) is 11.5. The van der Waals surface area contributed by atoms with Crippen LogP contribution in [0.25, 0.3) is 11.0 Å². The molecule has 126 valence electrons. The average Bonchev–Trinajstić information content (AvgIpc) is 3.20. The van der Waals surface area contributed by atoms with Crippen molar-refractivity contribution in [1.82, 2.24) is 14.9 Å². The van der Waals surface area contributed by atoms with Gasteiger partial charge in [-0.1, -0.05) is 13.0 Å². The van der Waals surface area contributed by atoms with Gasteiger partial charge in [-0.2, -0.15) is 0 Å². The Labute approximate surface area is 144 Å². The molecule has 1 amide bonds. The number of rotatable bonds is 5. The van der Waals surface area contributed by atoms with Gasteiger partial charge in [0.2, 0.25) is 0 Å². The third kappa shape index (κ3) is 3.06. The molecule has 0 fully saturated rings. The summed E-state index contributed by atoms with van der Waals surface area (Å²) in [5, 5.41) is 4.66. The van der Waals surface area contributed by atoms with E-state index < -0.39 is 6.17 Å². The van der Waals surface area contributed by atoms with Gasteiger partial charge in [0.05, 0.1) is 22.9 Å². The van der Waals surface area contributed by atoms with Crippen LogP contribution in [0.5, 0.6) is 0 Å². The van der Waals surface area contributed by atoms with E-state index in [0.717, 1.165) is 23.0 Å². The number of amides is 1. The highest BCUT2D eigenvalue weighted by Crippen LogP contribution is 2.25. The second-order valence-electron chi connectivity index (χ2n) is 5.82. The number of thiophene rings is 1. The van der Waals surface area contributed by atoms with E-state index in [9.17, 15) is 9.18 Å². The van der Waals surface area contributed by atoms with Crippen LogP contribution in [0.3, 0.4) is 0 Å². The van der Waals surface area contributed by atoms with Gasteiger partial charge in [-0.25, -0.2) is 9.37 Å². The number of alkyl halides is 1. The third-order valence-corrected chi connectivity index (χ3v) is 5.25. The van der Waals surface area contributed by atoms with Crippen molar-refractivity contribution in [3.05, 3.63) is 51.5 Å². The van der Waals surface area contributed by atoms with Crippen molar-refractivity contribution in [2.24, 2.45) is 7.05 Å². The van der Waals surface area contributed by atoms with E-state index in [1.54, 1.807) is 17.8 Å². The lowest BCUT2D eigenvalue weighted by Crippen LogP contribution is -2.23. The second-order valence-corrected chi connectivity index (χ2v) is 6.76. The lowest BCUT2D eigenvalue weighted by atomic mass is 10.0. The number of hydrogen-bond acceptors (Lipinski definition) is 3. The molecule has 6 heteroatoms. The molecule has 2 aromatic heterocycles. The van der Waals surface area contributed by atoms with Crippen molar-refractivity contribution >= 4 is 28.3 Å². The highest BCUT2D eigenvalue weighted by molar-refractivity contribution is 7.10. The minimum Gasteiger partial charge on any atom is -0.348 e. The molecule has 0 aliphatic heterocycles. The molecule has 1 unspecified atom stereocenters. The Morgan fingerprint density at radius 1 is 1.46 bits per heavy atom. The van der Waals surface area contributed by atoms with Crippen molar-refractivity contribution in [3.8, 4) is 0 Å². The fraction of sp³-hybridized carbons (Fsp3) is 0.333. The van der Waals surface area contributed by atoms with Crippen molar-refractivity contribution in [2.45, 2.75) is 33.0 Å². The third-order valence-electron chi connectivity index (χ3n) is 4.16. The monoisotopic (exact) mass is 345 g/mol. The number of carbonyl (C=O) groups is 1. The number of nitrogens with one attached hydrogen (secondary N) is 1. The maximum absolute atomic E-state index is 13.3. The molecule has 3 rings (SSSR count). The molecule has 1 aromatic carbocycles. The Balaban J connectivity index is 1.84. The smallest absolute Gasteiger partial charge is 0.252 e. The van der Waals surface area contributed by atoms with Gasteiger partial charge in [0.1, 0.15) is 6.17 Å². The van der Waals surface area contributed by atoms with Crippen molar-refractivity contribution < 1.29 is 9.18 Å². The van der Waals surface area contributed by atoms with Crippen LogP contribution in [0.15, 0.2) is 29.9 Å². The molecule has 0 aliphatic carbocycles. The highest BCUT2D eigenvalue weighted by Gasteiger charge is 2.15. The second kappa shape index (κ2) is 6.73. The van der Waals surface area contributed by atoms with E-state index in [1.165, 1.54) is 23.8 Å². The first kappa shape index (κ1) is 16.6. The summed E-state index contributed by atoms with van der Waals surface area (Å²) in [6, 6.07) is 5.69. The van der Waals surface area contributed by atoms with Crippen LogP contribution in [0.1, 0.15) is 46.4 Å². The summed E-state index contributed by atoms with van der Waals surface area (Å²) >= 11 is 1.27. The van der Waals surface area contributed by atoms with Crippen molar-refractivity contribution in [2.75, 3.05) is 0 Å². The molecule has 0 saturated carbocycles. The number of hydrogen-bond donors (Lipinski definition) is 1. The molecule has 0 radical (unpaired) electrons. The number of nitrogens with zero attached hydrogens (tertiary/aromatic N) is 2. The number of aryl methyl sites for hydroxylation is 2. The first-order valence-corrected chi connectivity index (χ1v) is 8.81. The van der Waals surface area contributed by atoms with E-state index in [0.29, 0.717) is 17.0 Å². The van der Waals surface area contributed by atoms with E-state index in [2.05, 4.69) is 23.3 Å². The summed E-state index contributed by atoms with van der Waals surface area (Å²) in [7, 11) is 1.95. The summed E-state index contributed by atoms with van der Waals surface area (Å²) < 4.78 is 15.3. The van der Waals surface area contributed by atoms with E-state index in [-0.39, 0.29) is 5.91 Å². The Morgan fingerprint density at radius 3 is 2.92 bits per heavy atom. The molecule has 1 atom stereocenters. The minimum atomic E-state index is -1.05. The van der Waals surface area contributed by atoms with Gasteiger partial charge in [-0.3, -0.25) is 4.79 Å². The van der Waals surface area contributed by atoms with Gasteiger partial charge in [-0.05, 0) is 31.0 Å². The largest absolute Gasteiger partial charge is 0.348 e. The minimum absolute atomic E-state index is 0.181. The molecule has 2 heterocycles. The van der Waals surface area contributed by atoms with Gasteiger partial charge < -0.3 is 9.88 Å². The Bertz CT molecular complexity index is 882. The zero-order valence-electron chi connectivity index (χ0n) is 14.0. The number of aromatic nitrogens is 2. The van der Waals surface area contributed by atoms with E-state index in [1.807, 2.05) is 17.7 Å². The van der Waals surface area contributed by atoms with Gasteiger partial charge in [0.15, 0.2) is 0 Å². The predicted molar refractivity (Wildman–Crippen MR) is 95.1 cm³/mol. The fourth-order valence-corrected chi connectivity index (χ4v) is 3.67. The fourth-order valence-electron chi connectivity index (χ4n) is 2.85. The van der Waals surface area contributed by atoms with Crippen LogP contribution >= 0.6 is 11.3 Å². The number of benzene rings is 1. The molecule has 3 aromatic rings. The molecule has 1 N–H and O–H groups in total. The molecule has 0 spiro atoms. The Morgan fingerprint density at radius 2 is 2.25 bits per heavy atom. The molecular formula is C18H20FN3OS. The highest BCUT2D eigenvalue weighted by atomic mass is 32.1. The topological polar surface area (TPSA) is 46.9 Å². The molecule has 24 heavy (non-hydrogen) atoms. The number of halogens is 1. The normalized spacial score (nSPS) is 12.5. The number of fused-ring (bicyclic) bond motifs is 1. The van der Waals surface area contributed by atoms with E-state index in [4.69, 9.17) is 0 Å². The summed E-state index contributed by atoms with van der Waals surface area (Å²) in [6.45, 7) is 4.00. The van der Waals surface area contributed by atoms with Crippen LogP contribution in [0.4, 0.5) is 4.39 Å². The van der Waals surface area contributed by atoms with Gasteiger partial charge in [0, 0.05) is 29.4 Å². The van der Waals surface area contributed by atoms with Crippen LogP contribution in [-0.4, -0.2) is 15.5 Å². The number of imidazole rings is 1. The van der Waals surface area contributed by atoms with Crippen molar-refractivity contribution in [3.63, 3.8) is 0 Å². The Kier molecular flexibility index (Phi) is 4.66. The lowest BCUT2D eigenvalue weighted by Gasteiger charge is -2.12. The Hall–Kier alpha value is -2.21. The van der Waals surface area contributed by atoms with Crippen LogP contribution in [0.2, 0.25) is 0 Å². The maximum Gasteiger partial charge on any atom is 0.252 e. The quantitative estimate of drug-likeness (QED) is 0.755. The zero-order valence-corrected chi connectivity index (χ0v) is 14.8. The number of carbonyl (C=O) groups excluding carboxylic acids is 1. The van der Waals surface area contributed by atoms with Gasteiger partial charge in [-0.15, -0.1) is 11.3 Å². The summed E-state index contributed by atoms with van der Waals surface area (Å²) in [6.07, 6.45) is 1.61. The van der Waals surface area contributed by atoms with Crippen LogP contribution in [0, 0.1) is 0 Å². The molecule has 4 nitrogen and oxygen atoms in total. The average molecular weight is 345 g/mol. The van der Waals surface area contributed by atoms with Gasteiger partial charge >= 0.3 is 0 Å². The molecule has 0 saturated heterocycles. The van der Waals surface area contributed by atoms with Crippen LogP contribution < -0.4 is 5.32 Å². The summed E-state index contributed by atoms with van der Waals surface area (Å²) in [5.74, 6) is -0.181. The van der Waals surface area contributed by atoms with Crippen molar-refractivity contribution in [1.29, 1.82) is 0 Å². The summed E-state index contributed by atoms with van der Waals surface area (Å²) in [4.78, 5) is 17.3. The lowest BCUT2D eigenvalue weighted by molar-refractivity contribution is 0.0951. The predicted octanol–water partition coefficient (Wildman–Crippen LogP) is 4.16. The zero-order chi connectivity index (χ0) is 17.3. The van der Waals surface area contributed by atoms with E-state index >= 15 is 0 Å². The van der Waals surface area contributed by atoms with Gasteiger partial charge in [0.25, 0.3) is 5.91 Å². The maximum atomic E-state index is 13.3. The molecular weight excluding hydrogens is 325 g/mol. The summed E-state index contributed by atoms with van der Waals surface area (Å²) in [5.41, 5.74) is 4.74. The SMILES string of the molecule is CCc1ccc2ncn(C)c2c1CNC(=O)c1csc(C(C)F)c1. The van der Waals surface area contributed by atoms with Crippen LogP contribution in [-0.2, 0) is 20.0 Å². The first-order valence-electron chi connectivity index (χ1n) is 7.93. The molecule has 0 bridgehead atoms. The standard InChI is InChI=1S/C18H20FN3OS/c1-4-12-5-6-15-17(22(3)10-21-15)14(12)8-20-18(23)13-7-16(11(2)19)24-9-13/h5-7,9-11H,4,8H2,1-3H3,(H,20,23).